The van der Waals surface area contributed by atoms with Crippen LogP contribution < -0.4 is 11.0 Å². The van der Waals surface area contributed by atoms with E-state index in [0.717, 1.165) is 46.2 Å². The number of benzene rings is 1. The molecule has 1 aliphatic carbocycles. The summed E-state index contributed by atoms with van der Waals surface area (Å²) in [4.78, 5) is 31.2. The Kier molecular flexibility index (Phi) is 3.99. The van der Waals surface area contributed by atoms with Crippen molar-refractivity contribution in [1.82, 2.24) is 9.66 Å². The Balaban J connectivity index is 1.62. The third-order valence-electron chi connectivity index (χ3n) is 4.95. The van der Waals surface area contributed by atoms with Gasteiger partial charge in [0.05, 0.1) is 10.9 Å². The number of nitrogens with zero attached hydrogens (tertiary/aromatic N) is 1. The monoisotopic (exact) mass is 413 g/mol. The molecule has 5 rings (SSSR count). The van der Waals surface area contributed by atoms with E-state index >= 15 is 0 Å². The number of hydrogen-bond donors (Lipinski definition) is 2. The van der Waals surface area contributed by atoms with Crippen LogP contribution in [-0.4, -0.2) is 15.6 Å². The number of thiophene rings is 2. The van der Waals surface area contributed by atoms with Crippen LogP contribution >= 0.6 is 34.9 Å². The predicted molar refractivity (Wildman–Crippen MR) is 113 cm³/mol. The van der Waals surface area contributed by atoms with Crippen molar-refractivity contribution in [2.75, 3.05) is 5.43 Å². The number of nitrogens with one attached hydrogen (secondary N) is 2. The van der Waals surface area contributed by atoms with Crippen LogP contribution in [0.3, 0.4) is 0 Å². The lowest BCUT2D eigenvalue weighted by Crippen LogP contribution is -2.34. The molecule has 0 atom stereocenters. The molecule has 3 aromatic heterocycles. The van der Waals surface area contributed by atoms with E-state index in [-0.39, 0.29) is 16.2 Å². The number of H-pyrrole nitrogens is 1. The molecule has 2 N–H and O–H groups in total. The minimum atomic E-state index is -0.336. The van der Waals surface area contributed by atoms with Crippen LogP contribution in [0.25, 0.3) is 20.3 Å². The maximum atomic E-state index is 13.1. The zero-order chi connectivity index (χ0) is 18.5. The van der Waals surface area contributed by atoms with E-state index in [1.807, 2.05) is 29.6 Å². The summed E-state index contributed by atoms with van der Waals surface area (Å²) < 4.78 is 2.41. The molecule has 0 saturated heterocycles. The number of hydrogen-bond acceptors (Lipinski definition) is 5. The van der Waals surface area contributed by atoms with Crippen molar-refractivity contribution in [3.63, 3.8) is 0 Å². The quantitative estimate of drug-likeness (QED) is 0.472. The van der Waals surface area contributed by atoms with Gasteiger partial charge in [-0.05, 0) is 49.5 Å². The van der Waals surface area contributed by atoms with Crippen LogP contribution in [0.2, 0.25) is 0 Å². The summed E-state index contributed by atoms with van der Waals surface area (Å²) in [5, 5.41) is 3.35. The van der Waals surface area contributed by atoms with Crippen molar-refractivity contribution >= 4 is 61.1 Å². The van der Waals surface area contributed by atoms with Crippen molar-refractivity contribution in [1.29, 1.82) is 0 Å². The first-order valence-corrected chi connectivity index (χ1v) is 10.8. The molecule has 1 aromatic carbocycles. The Hall–Kier alpha value is -2.29. The van der Waals surface area contributed by atoms with Crippen LogP contribution in [0.1, 0.15) is 33.6 Å². The lowest BCUT2D eigenvalue weighted by molar-refractivity contribution is 0.101. The molecule has 27 heavy (non-hydrogen) atoms. The van der Waals surface area contributed by atoms with Crippen molar-refractivity contribution in [2.24, 2.45) is 0 Å². The molecule has 136 valence electrons. The molecule has 3 heterocycles. The Labute approximate surface area is 167 Å². The molecule has 4 aromatic rings. The topological polar surface area (TPSA) is 66.9 Å². The van der Waals surface area contributed by atoms with Crippen molar-refractivity contribution in [2.45, 2.75) is 25.7 Å². The van der Waals surface area contributed by atoms with Crippen LogP contribution in [-0.2, 0) is 12.8 Å². The van der Waals surface area contributed by atoms with E-state index in [0.29, 0.717) is 10.9 Å². The summed E-state index contributed by atoms with van der Waals surface area (Å²) in [7, 11) is 0. The number of amides is 1. The number of rotatable bonds is 2. The molecule has 1 aliphatic rings. The highest BCUT2D eigenvalue weighted by molar-refractivity contribution is 7.71. The maximum absolute atomic E-state index is 13.1. The molecule has 0 radical (unpaired) electrons. The van der Waals surface area contributed by atoms with Gasteiger partial charge in [0.1, 0.15) is 4.83 Å². The molecular weight excluding hydrogens is 398 g/mol. The summed E-state index contributed by atoms with van der Waals surface area (Å²) in [6, 6.07) is 7.71. The Morgan fingerprint density at radius 1 is 1.22 bits per heavy atom. The van der Waals surface area contributed by atoms with Gasteiger partial charge in [-0.3, -0.25) is 15.0 Å². The largest absolute Gasteiger partial charge is 0.322 e. The second-order valence-corrected chi connectivity index (χ2v) is 8.98. The van der Waals surface area contributed by atoms with E-state index in [1.165, 1.54) is 20.9 Å². The molecule has 0 unspecified atom stereocenters. The summed E-state index contributed by atoms with van der Waals surface area (Å²) >= 11 is 8.47. The molecule has 0 bridgehead atoms. The Morgan fingerprint density at radius 2 is 2.04 bits per heavy atom. The molecule has 0 aliphatic heterocycles. The van der Waals surface area contributed by atoms with Gasteiger partial charge in [0.2, 0.25) is 4.77 Å². The van der Waals surface area contributed by atoms with Gasteiger partial charge < -0.3 is 4.98 Å². The number of aromatic amines is 1. The SMILES string of the molecule is O=C(Nn1c(=S)[nH]c2sc3c(c2c1=O)CCCC3)c1csc2ccccc12. The van der Waals surface area contributed by atoms with E-state index in [2.05, 4.69) is 10.4 Å². The molecule has 0 saturated carbocycles. The highest BCUT2D eigenvalue weighted by Crippen LogP contribution is 2.33. The van der Waals surface area contributed by atoms with Crippen molar-refractivity contribution in [3.05, 3.63) is 60.8 Å². The van der Waals surface area contributed by atoms with Gasteiger partial charge in [-0.15, -0.1) is 22.7 Å². The van der Waals surface area contributed by atoms with Gasteiger partial charge in [0.25, 0.3) is 11.5 Å². The third kappa shape index (κ3) is 2.67. The lowest BCUT2D eigenvalue weighted by Gasteiger charge is -2.11. The number of carbonyl (C=O) groups excluding carboxylic acids is 1. The fourth-order valence-electron chi connectivity index (χ4n) is 3.65. The van der Waals surface area contributed by atoms with Gasteiger partial charge in [-0.25, -0.2) is 0 Å². The van der Waals surface area contributed by atoms with Gasteiger partial charge in [0, 0.05) is 20.3 Å². The molecule has 8 heteroatoms. The minimum absolute atomic E-state index is 0.207. The summed E-state index contributed by atoms with van der Waals surface area (Å²) in [5.41, 5.74) is 4.11. The maximum Gasteiger partial charge on any atom is 0.282 e. The van der Waals surface area contributed by atoms with E-state index in [4.69, 9.17) is 12.2 Å². The fraction of sp³-hybridized carbons (Fsp3) is 0.211. The number of aryl methyl sites for hydroxylation is 2. The molecule has 0 spiro atoms. The van der Waals surface area contributed by atoms with Crippen LogP contribution in [0.5, 0.6) is 0 Å². The van der Waals surface area contributed by atoms with Gasteiger partial charge in [0.15, 0.2) is 0 Å². The highest BCUT2D eigenvalue weighted by Gasteiger charge is 2.21. The highest BCUT2D eigenvalue weighted by atomic mass is 32.1. The minimum Gasteiger partial charge on any atom is -0.322 e. The standard InChI is InChI=1S/C19H15N3O2S3/c23-16(12-9-26-13-7-3-1-5-10(12)13)21-22-18(24)15-11-6-2-4-8-14(11)27-17(15)20-19(22)25/h1,3,5,7,9H,2,4,6,8H2,(H,20,25)(H,21,23). The van der Waals surface area contributed by atoms with Gasteiger partial charge >= 0.3 is 0 Å². The van der Waals surface area contributed by atoms with Gasteiger partial charge in [-0.1, -0.05) is 18.2 Å². The molecule has 1 amide bonds. The Bertz CT molecular complexity index is 1330. The summed E-state index contributed by atoms with van der Waals surface area (Å²) in [6.07, 6.45) is 4.14. The summed E-state index contributed by atoms with van der Waals surface area (Å²) in [6.45, 7) is 0. The predicted octanol–water partition coefficient (Wildman–Crippen LogP) is 4.60. The van der Waals surface area contributed by atoms with E-state index < -0.39 is 0 Å². The average Bonchev–Trinajstić information content (AvgIpc) is 3.26. The molecule has 0 fully saturated rings. The smallest absolute Gasteiger partial charge is 0.282 e. The van der Waals surface area contributed by atoms with Crippen LogP contribution in [0, 0.1) is 4.77 Å². The summed E-state index contributed by atoms with van der Waals surface area (Å²) in [5.74, 6) is -0.336. The van der Waals surface area contributed by atoms with Crippen molar-refractivity contribution < 1.29 is 4.79 Å². The van der Waals surface area contributed by atoms with E-state index in [9.17, 15) is 9.59 Å². The zero-order valence-electron chi connectivity index (χ0n) is 14.2. The Morgan fingerprint density at radius 3 is 2.93 bits per heavy atom. The zero-order valence-corrected chi connectivity index (χ0v) is 16.7. The third-order valence-corrected chi connectivity index (χ3v) is 7.41. The fourth-order valence-corrected chi connectivity index (χ4v) is 6.17. The molecular formula is C19H15N3O2S3. The first kappa shape index (κ1) is 16.9. The van der Waals surface area contributed by atoms with Crippen LogP contribution in [0.4, 0.5) is 0 Å². The average molecular weight is 414 g/mol. The van der Waals surface area contributed by atoms with Gasteiger partial charge in [-0.2, -0.15) is 4.68 Å². The number of carbonyl (C=O) groups is 1. The first-order valence-electron chi connectivity index (χ1n) is 8.70. The first-order chi connectivity index (χ1) is 13.1. The molecule has 5 nitrogen and oxygen atoms in total. The van der Waals surface area contributed by atoms with E-state index in [1.54, 1.807) is 11.3 Å². The second kappa shape index (κ2) is 6.40. The normalized spacial score (nSPS) is 13.8. The second-order valence-electron chi connectivity index (χ2n) is 6.57. The number of fused-ring (bicyclic) bond motifs is 4. The van der Waals surface area contributed by atoms with Crippen molar-refractivity contribution in [3.8, 4) is 0 Å². The number of aromatic nitrogens is 2. The van der Waals surface area contributed by atoms with Crippen LogP contribution in [0.15, 0.2) is 34.4 Å². The lowest BCUT2D eigenvalue weighted by atomic mass is 9.97.